The highest BCUT2D eigenvalue weighted by Crippen LogP contribution is 2.66. The molecule has 1 aromatic carbocycles. The zero-order valence-electron chi connectivity index (χ0n) is 10.5. The Morgan fingerprint density at radius 2 is 2.00 bits per heavy atom. The van der Waals surface area contributed by atoms with E-state index in [1.807, 2.05) is 0 Å². The van der Waals surface area contributed by atoms with E-state index in [9.17, 15) is 0 Å². The monoisotopic (exact) mass is 334 g/mol. The zero-order chi connectivity index (χ0) is 12.6. The van der Waals surface area contributed by atoms with Crippen molar-refractivity contribution in [2.45, 2.75) is 25.3 Å². The number of benzene rings is 1. The quantitative estimate of drug-likeness (QED) is 0.873. The van der Waals surface area contributed by atoms with Crippen LogP contribution in [0.3, 0.4) is 0 Å². The van der Waals surface area contributed by atoms with Crippen molar-refractivity contribution in [3.05, 3.63) is 22.7 Å². The van der Waals surface area contributed by atoms with Crippen LogP contribution < -0.4 is 5.32 Å². The van der Waals surface area contributed by atoms with Crippen molar-refractivity contribution >= 4 is 42.6 Å². The average Bonchev–Trinajstić information content (AvgIpc) is 2.79. The molecular weight excluding hydrogens is 320 g/mol. The summed E-state index contributed by atoms with van der Waals surface area (Å²) in [6.45, 7) is 0. The molecule has 2 aromatic rings. The Morgan fingerprint density at radius 3 is 2.79 bits per heavy atom. The van der Waals surface area contributed by atoms with Gasteiger partial charge in [-0.05, 0) is 61.1 Å². The molecule has 0 amide bonds. The Kier molecular flexibility index (Phi) is 2.18. The van der Waals surface area contributed by atoms with E-state index in [1.165, 1.54) is 24.0 Å². The second kappa shape index (κ2) is 3.73. The number of thiazole rings is 1. The van der Waals surface area contributed by atoms with E-state index in [4.69, 9.17) is 4.98 Å². The molecule has 5 rings (SSSR count). The van der Waals surface area contributed by atoms with E-state index in [0.29, 0.717) is 0 Å². The first-order valence-electron chi connectivity index (χ1n) is 7.12. The Hall–Kier alpha value is -0.610. The Labute approximate surface area is 124 Å². The second-order valence-electron chi connectivity index (χ2n) is 6.29. The van der Waals surface area contributed by atoms with Gasteiger partial charge in [-0.15, -0.1) is 0 Å². The number of nitrogens with zero attached hydrogens (tertiary/aromatic N) is 1. The molecule has 4 atom stereocenters. The highest BCUT2D eigenvalue weighted by Gasteiger charge is 2.65. The van der Waals surface area contributed by atoms with Crippen molar-refractivity contribution in [1.29, 1.82) is 0 Å². The summed E-state index contributed by atoms with van der Waals surface area (Å²) >= 11 is 5.31. The normalized spacial score (nSPS) is 38.7. The van der Waals surface area contributed by atoms with Crippen LogP contribution in [-0.2, 0) is 0 Å². The van der Waals surface area contributed by atoms with Gasteiger partial charge in [-0.2, -0.15) is 0 Å². The SMILES string of the molecule is Brc1ccc2sc(NC3C4C5CCC(C5)C34)nc2c1. The summed E-state index contributed by atoms with van der Waals surface area (Å²) in [5.74, 6) is 3.99. The Morgan fingerprint density at radius 1 is 1.21 bits per heavy atom. The van der Waals surface area contributed by atoms with Crippen LogP contribution in [0.5, 0.6) is 0 Å². The molecule has 0 aliphatic heterocycles. The minimum atomic E-state index is 0.732. The minimum Gasteiger partial charge on any atom is -0.358 e. The number of nitrogens with one attached hydrogen (secondary N) is 1. The lowest BCUT2D eigenvalue weighted by atomic mass is 10.0. The number of aromatic nitrogens is 1. The minimum absolute atomic E-state index is 0.732. The van der Waals surface area contributed by atoms with Gasteiger partial charge in [0.2, 0.25) is 0 Å². The third kappa shape index (κ3) is 1.56. The van der Waals surface area contributed by atoms with Gasteiger partial charge in [0, 0.05) is 10.5 Å². The number of halogens is 1. The Bertz CT molecular complexity index is 651. The maximum atomic E-state index is 4.73. The summed E-state index contributed by atoms with van der Waals surface area (Å²) in [7, 11) is 0. The Balaban J connectivity index is 1.41. The second-order valence-corrected chi connectivity index (χ2v) is 8.24. The largest absolute Gasteiger partial charge is 0.358 e. The van der Waals surface area contributed by atoms with Gasteiger partial charge in [0.1, 0.15) is 0 Å². The molecule has 1 N–H and O–H groups in total. The highest BCUT2D eigenvalue weighted by molar-refractivity contribution is 9.10. The lowest BCUT2D eigenvalue weighted by Crippen LogP contribution is -2.12. The van der Waals surface area contributed by atoms with E-state index in [2.05, 4.69) is 39.4 Å². The van der Waals surface area contributed by atoms with Crippen molar-refractivity contribution in [2.75, 3.05) is 5.32 Å². The summed E-state index contributed by atoms with van der Waals surface area (Å²) in [4.78, 5) is 4.73. The summed E-state index contributed by atoms with van der Waals surface area (Å²) < 4.78 is 2.39. The predicted octanol–water partition coefficient (Wildman–Crippen LogP) is 4.52. The molecule has 1 heterocycles. The smallest absolute Gasteiger partial charge is 0.184 e. The maximum Gasteiger partial charge on any atom is 0.184 e. The fourth-order valence-electron chi connectivity index (χ4n) is 4.62. The van der Waals surface area contributed by atoms with E-state index >= 15 is 0 Å². The summed E-state index contributed by atoms with van der Waals surface area (Å²) in [5.41, 5.74) is 1.11. The number of anilines is 1. The molecule has 0 spiro atoms. The van der Waals surface area contributed by atoms with Crippen LogP contribution in [0.15, 0.2) is 22.7 Å². The molecule has 4 heteroatoms. The first kappa shape index (κ1) is 11.1. The van der Waals surface area contributed by atoms with Crippen molar-refractivity contribution in [1.82, 2.24) is 4.98 Å². The first-order valence-corrected chi connectivity index (χ1v) is 8.73. The van der Waals surface area contributed by atoms with Gasteiger partial charge in [0.15, 0.2) is 5.13 Å². The van der Waals surface area contributed by atoms with Crippen LogP contribution >= 0.6 is 27.3 Å². The standard InChI is InChI=1S/C15H15BrN2S/c16-9-3-4-11-10(6-9)17-15(19-11)18-14-12-7-1-2-8(5-7)13(12)14/h3-4,6-8,12-14H,1-2,5H2,(H,17,18). The van der Waals surface area contributed by atoms with Gasteiger partial charge in [-0.1, -0.05) is 27.3 Å². The van der Waals surface area contributed by atoms with Crippen LogP contribution in [0.1, 0.15) is 19.3 Å². The first-order chi connectivity index (χ1) is 9.29. The fraction of sp³-hybridized carbons (Fsp3) is 0.533. The van der Waals surface area contributed by atoms with Gasteiger partial charge < -0.3 is 5.32 Å². The lowest BCUT2D eigenvalue weighted by molar-refractivity contribution is 0.456. The number of rotatable bonds is 2. The van der Waals surface area contributed by atoms with E-state index in [0.717, 1.165) is 44.8 Å². The molecule has 2 bridgehead atoms. The van der Waals surface area contributed by atoms with E-state index in [-0.39, 0.29) is 0 Å². The number of fused-ring (bicyclic) bond motifs is 6. The molecule has 0 saturated heterocycles. The molecule has 4 unspecified atom stereocenters. The molecule has 2 nitrogen and oxygen atoms in total. The van der Waals surface area contributed by atoms with Gasteiger partial charge in [-0.3, -0.25) is 0 Å². The predicted molar refractivity (Wildman–Crippen MR) is 82.5 cm³/mol. The summed E-state index contributed by atoms with van der Waals surface area (Å²) in [6, 6.07) is 7.08. The highest BCUT2D eigenvalue weighted by atomic mass is 79.9. The maximum absolute atomic E-state index is 4.73. The average molecular weight is 335 g/mol. The number of hydrogen-bond donors (Lipinski definition) is 1. The summed E-state index contributed by atoms with van der Waals surface area (Å²) in [6.07, 6.45) is 4.48. The van der Waals surface area contributed by atoms with Gasteiger partial charge in [0.25, 0.3) is 0 Å². The van der Waals surface area contributed by atoms with E-state index in [1.54, 1.807) is 11.3 Å². The van der Waals surface area contributed by atoms with Crippen molar-refractivity contribution in [3.8, 4) is 0 Å². The van der Waals surface area contributed by atoms with Crippen LogP contribution in [0.2, 0.25) is 0 Å². The molecule has 19 heavy (non-hydrogen) atoms. The molecule has 98 valence electrons. The van der Waals surface area contributed by atoms with Crippen LogP contribution in [0, 0.1) is 23.7 Å². The van der Waals surface area contributed by atoms with Gasteiger partial charge >= 0.3 is 0 Å². The fourth-order valence-corrected chi connectivity index (χ4v) is 5.86. The summed E-state index contributed by atoms with van der Waals surface area (Å²) in [5, 5.41) is 4.84. The van der Waals surface area contributed by atoms with Crippen LogP contribution in [0.4, 0.5) is 5.13 Å². The topological polar surface area (TPSA) is 24.9 Å². The zero-order valence-corrected chi connectivity index (χ0v) is 12.9. The van der Waals surface area contributed by atoms with E-state index < -0.39 is 0 Å². The van der Waals surface area contributed by atoms with Crippen LogP contribution in [-0.4, -0.2) is 11.0 Å². The molecule has 3 fully saturated rings. The van der Waals surface area contributed by atoms with Crippen molar-refractivity contribution in [2.24, 2.45) is 23.7 Å². The van der Waals surface area contributed by atoms with Crippen molar-refractivity contribution in [3.63, 3.8) is 0 Å². The molecule has 1 aromatic heterocycles. The molecular formula is C15H15BrN2S. The third-order valence-corrected chi connectivity index (χ3v) is 6.84. The molecule has 3 aliphatic carbocycles. The van der Waals surface area contributed by atoms with Crippen molar-refractivity contribution < 1.29 is 0 Å². The third-order valence-electron chi connectivity index (χ3n) is 5.38. The lowest BCUT2D eigenvalue weighted by Gasteiger charge is -2.08. The molecule has 0 radical (unpaired) electrons. The molecule has 3 aliphatic rings. The van der Waals surface area contributed by atoms with Gasteiger partial charge in [-0.25, -0.2) is 4.98 Å². The van der Waals surface area contributed by atoms with Crippen LogP contribution in [0.25, 0.3) is 10.2 Å². The van der Waals surface area contributed by atoms with Gasteiger partial charge in [0.05, 0.1) is 10.2 Å². The number of hydrogen-bond acceptors (Lipinski definition) is 3. The molecule has 3 saturated carbocycles.